The minimum absolute atomic E-state index is 0. The molecule has 0 aliphatic heterocycles. The summed E-state index contributed by atoms with van der Waals surface area (Å²) in [6, 6.07) is 0. The fourth-order valence-electron chi connectivity index (χ4n) is 1.24. The van der Waals surface area contributed by atoms with Crippen molar-refractivity contribution in [2.24, 2.45) is 11.1 Å². The standard InChI is InChI=1S/C12H26N2O.ClH/c1-12(2,3)10-14-11(15)8-6-4-5-7-9-13;/h4-10,13H2,1-3H3,(H,14,15);1H. The van der Waals surface area contributed by atoms with E-state index in [0.29, 0.717) is 6.42 Å². The zero-order valence-electron chi connectivity index (χ0n) is 10.8. The lowest BCUT2D eigenvalue weighted by atomic mass is 9.97. The van der Waals surface area contributed by atoms with Crippen molar-refractivity contribution < 1.29 is 4.79 Å². The molecule has 0 aromatic heterocycles. The molecule has 16 heavy (non-hydrogen) atoms. The van der Waals surface area contributed by atoms with E-state index in [9.17, 15) is 4.79 Å². The molecule has 0 aromatic rings. The van der Waals surface area contributed by atoms with Crippen LogP contribution in [0.4, 0.5) is 0 Å². The normalized spacial score (nSPS) is 10.8. The van der Waals surface area contributed by atoms with E-state index in [4.69, 9.17) is 5.73 Å². The van der Waals surface area contributed by atoms with Gasteiger partial charge in [0.1, 0.15) is 0 Å². The Morgan fingerprint density at radius 1 is 1.12 bits per heavy atom. The Balaban J connectivity index is 0. The molecule has 0 atom stereocenters. The van der Waals surface area contributed by atoms with E-state index in [1.165, 1.54) is 0 Å². The minimum Gasteiger partial charge on any atom is -0.356 e. The first-order valence-electron chi connectivity index (χ1n) is 5.92. The number of nitrogens with two attached hydrogens (primary N) is 1. The summed E-state index contributed by atoms with van der Waals surface area (Å²) in [4.78, 5) is 11.4. The smallest absolute Gasteiger partial charge is 0.220 e. The first-order chi connectivity index (χ1) is 6.95. The topological polar surface area (TPSA) is 55.1 Å². The van der Waals surface area contributed by atoms with E-state index in [1.54, 1.807) is 0 Å². The van der Waals surface area contributed by atoms with E-state index in [-0.39, 0.29) is 23.7 Å². The quantitative estimate of drug-likeness (QED) is 0.682. The number of hydrogen-bond donors (Lipinski definition) is 2. The van der Waals surface area contributed by atoms with Gasteiger partial charge in [-0.05, 0) is 24.8 Å². The van der Waals surface area contributed by atoms with Gasteiger partial charge in [0.05, 0.1) is 0 Å². The molecule has 0 spiro atoms. The van der Waals surface area contributed by atoms with Crippen molar-refractivity contribution >= 4 is 18.3 Å². The molecule has 0 bridgehead atoms. The molecule has 0 unspecified atom stereocenters. The van der Waals surface area contributed by atoms with Crippen LogP contribution in [0.1, 0.15) is 52.9 Å². The van der Waals surface area contributed by atoms with Gasteiger partial charge in [0.2, 0.25) is 5.91 Å². The molecule has 0 aliphatic carbocycles. The van der Waals surface area contributed by atoms with Gasteiger partial charge < -0.3 is 11.1 Å². The van der Waals surface area contributed by atoms with E-state index in [2.05, 4.69) is 26.1 Å². The van der Waals surface area contributed by atoms with Crippen molar-refractivity contribution in [1.82, 2.24) is 5.32 Å². The fraction of sp³-hybridized carbons (Fsp3) is 0.917. The summed E-state index contributed by atoms with van der Waals surface area (Å²) >= 11 is 0. The molecule has 0 saturated carbocycles. The van der Waals surface area contributed by atoms with Crippen LogP contribution in [0.2, 0.25) is 0 Å². The molecule has 0 radical (unpaired) electrons. The highest BCUT2D eigenvalue weighted by Crippen LogP contribution is 2.10. The fourth-order valence-corrected chi connectivity index (χ4v) is 1.24. The van der Waals surface area contributed by atoms with Gasteiger partial charge in [0.25, 0.3) is 0 Å². The second-order valence-electron chi connectivity index (χ2n) is 5.29. The van der Waals surface area contributed by atoms with Gasteiger partial charge in [-0.1, -0.05) is 33.6 Å². The number of amides is 1. The number of unbranched alkanes of at least 4 members (excludes halogenated alkanes) is 3. The largest absolute Gasteiger partial charge is 0.356 e. The van der Waals surface area contributed by atoms with Gasteiger partial charge in [-0.3, -0.25) is 4.79 Å². The third-order valence-corrected chi connectivity index (χ3v) is 2.17. The first-order valence-corrected chi connectivity index (χ1v) is 5.92. The molecule has 0 saturated heterocycles. The third kappa shape index (κ3) is 13.7. The van der Waals surface area contributed by atoms with Crippen molar-refractivity contribution in [2.75, 3.05) is 13.1 Å². The number of halogens is 1. The Bertz CT molecular complexity index is 178. The van der Waals surface area contributed by atoms with Gasteiger partial charge in [-0.2, -0.15) is 0 Å². The highest BCUT2D eigenvalue weighted by molar-refractivity contribution is 5.85. The zero-order valence-corrected chi connectivity index (χ0v) is 11.7. The summed E-state index contributed by atoms with van der Waals surface area (Å²) < 4.78 is 0. The Morgan fingerprint density at radius 3 is 2.19 bits per heavy atom. The maximum atomic E-state index is 11.4. The van der Waals surface area contributed by atoms with Crippen LogP contribution < -0.4 is 11.1 Å². The molecule has 0 aliphatic rings. The average Bonchev–Trinajstić information content (AvgIpc) is 2.13. The molecular weight excluding hydrogens is 224 g/mol. The van der Waals surface area contributed by atoms with Crippen LogP contribution in [0.5, 0.6) is 0 Å². The summed E-state index contributed by atoms with van der Waals surface area (Å²) in [6.45, 7) is 7.88. The van der Waals surface area contributed by atoms with E-state index in [1.807, 2.05) is 0 Å². The molecule has 0 rings (SSSR count). The van der Waals surface area contributed by atoms with Crippen LogP contribution in [0.15, 0.2) is 0 Å². The van der Waals surface area contributed by atoms with Crippen LogP contribution in [0.25, 0.3) is 0 Å². The third-order valence-electron chi connectivity index (χ3n) is 2.17. The predicted molar refractivity (Wildman–Crippen MR) is 71.9 cm³/mol. The van der Waals surface area contributed by atoms with Gasteiger partial charge in [0.15, 0.2) is 0 Å². The maximum Gasteiger partial charge on any atom is 0.220 e. The summed E-state index contributed by atoms with van der Waals surface area (Å²) in [7, 11) is 0. The second-order valence-corrected chi connectivity index (χ2v) is 5.29. The molecule has 4 heteroatoms. The molecule has 3 nitrogen and oxygen atoms in total. The Morgan fingerprint density at radius 2 is 1.69 bits per heavy atom. The van der Waals surface area contributed by atoms with E-state index in [0.717, 1.165) is 38.8 Å². The Kier molecular flexibility index (Phi) is 11.2. The summed E-state index contributed by atoms with van der Waals surface area (Å²) in [5.41, 5.74) is 5.56. The van der Waals surface area contributed by atoms with Crippen molar-refractivity contribution in [3.63, 3.8) is 0 Å². The molecule has 0 aromatic carbocycles. The number of carbonyl (C=O) groups is 1. The van der Waals surface area contributed by atoms with Crippen LogP contribution in [0.3, 0.4) is 0 Å². The molecular formula is C12H27ClN2O. The summed E-state index contributed by atoms with van der Waals surface area (Å²) in [5, 5.41) is 2.95. The lowest BCUT2D eigenvalue weighted by Crippen LogP contribution is -2.31. The van der Waals surface area contributed by atoms with Crippen molar-refractivity contribution in [2.45, 2.75) is 52.9 Å². The molecule has 3 N–H and O–H groups in total. The lowest BCUT2D eigenvalue weighted by Gasteiger charge is -2.18. The van der Waals surface area contributed by atoms with Crippen LogP contribution in [-0.4, -0.2) is 19.0 Å². The van der Waals surface area contributed by atoms with E-state index >= 15 is 0 Å². The Hall–Kier alpha value is -0.280. The number of hydrogen-bond acceptors (Lipinski definition) is 2. The van der Waals surface area contributed by atoms with Crippen LogP contribution in [-0.2, 0) is 4.79 Å². The highest BCUT2D eigenvalue weighted by atomic mass is 35.5. The van der Waals surface area contributed by atoms with Crippen molar-refractivity contribution in [3.05, 3.63) is 0 Å². The molecule has 1 amide bonds. The molecule has 0 fully saturated rings. The summed E-state index contributed by atoms with van der Waals surface area (Å²) in [5.74, 6) is 0.178. The maximum absolute atomic E-state index is 11.4. The monoisotopic (exact) mass is 250 g/mol. The summed E-state index contributed by atoms with van der Waals surface area (Å²) in [6.07, 6.45) is 4.96. The molecule has 98 valence electrons. The SMILES string of the molecule is CC(C)(C)CNC(=O)CCCCCCN.Cl. The number of carbonyl (C=O) groups excluding carboxylic acids is 1. The second kappa shape index (κ2) is 9.91. The van der Waals surface area contributed by atoms with Gasteiger partial charge in [-0.25, -0.2) is 0 Å². The van der Waals surface area contributed by atoms with Crippen LogP contribution >= 0.6 is 12.4 Å². The highest BCUT2D eigenvalue weighted by Gasteiger charge is 2.11. The Labute approximate surface area is 106 Å². The number of nitrogens with one attached hydrogen (secondary N) is 1. The van der Waals surface area contributed by atoms with Crippen molar-refractivity contribution in [1.29, 1.82) is 0 Å². The van der Waals surface area contributed by atoms with Gasteiger partial charge in [-0.15, -0.1) is 12.4 Å². The van der Waals surface area contributed by atoms with Crippen molar-refractivity contribution in [3.8, 4) is 0 Å². The lowest BCUT2D eigenvalue weighted by molar-refractivity contribution is -0.121. The van der Waals surface area contributed by atoms with Crippen LogP contribution in [0, 0.1) is 5.41 Å². The first kappa shape index (κ1) is 18.1. The van der Waals surface area contributed by atoms with Gasteiger partial charge in [0, 0.05) is 13.0 Å². The number of rotatable bonds is 7. The van der Waals surface area contributed by atoms with E-state index < -0.39 is 0 Å². The minimum atomic E-state index is 0. The molecule has 0 heterocycles. The van der Waals surface area contributed by atoms with Gasteiger partial charge >= 0.3 is 0 Å². The zero-order chi connectivity index (χ0) is 11.7. The average molecular weight is 251 g/mol. The predicted octanol–water partition coefficient (Wildman–Crippen LogP) is 2.48.